The maximum atomic E-state index is 4.18. The largest absolute Gasteiger partial charge is 0.0911 e. The van der Waals surface area contributed by atoms with E-state index in [9.17, 15) is 0 Å². The van der Waals surface area contributed by atoms with Gasteiger partial charge in [-0.05, 0) is 32.0 Å². The van der Waals surface area contributed by atoms with Crippen LogP contribution in [0.25, 0.3) is 34.7 Å². The highest BCUT2D eigenvalue weighted by atomic mass is 14.0. The third-order valence-corrected chi connectivity index (χ3v) is 3.54. The molecule has 0 unspecified atom stereocenters. The Bertz CT molecular complexity index is 855. The highest BCUT2D eigenvalue weighted by molar-refractivity contribution is 6.05. The maximum Gasteiger partial charge on any atom is -0.00994 e. The van der Waals surface area contributed by atoms with Crippen LogP contribution in [0.2, 0.25) is 0 Å². The zero-order chi connectivity index (χ0) is 13.9. The monoisotopic (exact) mass is 256 g/mol. The fraction of sp³-hybridized carbons (Fsp3) is 0. The molecule has 96 valence electrons. The summed E-state index contributed by atoms with van der Waals surface area (Å²) < 4.78 is 0. The Balaban J connectivity index is 2.76. The Labute approximate surface area is 118 Å². The van der Waals surface area contributed by atoms with Crippen LogP contribution in [0.1, 0.15) is 0 Å². The summed E-state index contributed by atoms with van der Waals surface area (Å²) in [5.41, 5.74) is 0. The number of rotatable bonds is 0. The van der Waals surface area contributed by atoms with Gasteiger partial charge in [0.15, 0.2) is 0 Å². The van der Waals surface area contributed by atoms with Gasteiger partial charge in [0, 0.05) is 0 Å². The van der Waals surface area contributed by atoms with Gasteiger partial charge in [-0.15, -0.1) is 0 Å². The van der Waals surface area contributed by atoms with Crippen LogP contribution in [0, 0.1) is 0 Å². The molecule has 0 saturated heterocycles. The van der Waals surface area contributed by atoms with Crippen LogP contribution in [0.5, 0.6) is 0 Å². The second-order valence-electron chi connectivity index (χ2n) is 4.86. The molecule has 0 heterocycles. The number of hydrogen-bond donors (Lipinski definition) is 0. The molecule has 0 amide bonds. The minimum Gasteiger partial charge on any atom is -0.0911 e. The number of hydrogen-bond acceptors (Lipinski definition) is 0. The Morgan fingerprint density at radius 3 is 1.10 bits per heavy atom. The molecule has 0 fully saturated rings. The molecule has 0 nitrogen and oxygen atoms in total. The van der Waals surface area contributed by atoms with Crippen LogP contribution in [0.4, 0.5) is 0 Å². The number of benzene rings is 2. The Morgan fingerprint density at radius 1 is 0.400 bits per heavy atom. The van der Waals surface area contributed by atoms with Crippen molar-refractivity contribution in [1.29, 1.82) is 0 Å². The van der Waals surface area contributed by atoms with Crippen LogP contribution < -0.4 is 10.4 Å². The molecule has 0 aliphatic rings. The first-order valence-corrected chi connectivity index (χ1v) is 6.69. The van der Waals surface area contributed by atoms with Gasteiger partial charge in [-0.25, -0.2) is 0 Å². The summed E-state index contributed by atoms with van der Waals surface area (Å²) in [6.45, 7) is 8.36. The van der Waals surface area contributed by atoms with Crippen molar-refractivity contribution in [3.63, 3.8) is 0 Å². The van der Waals surface area contributed by atoms with Crippen LogP contribution in [-0.2, 0) is 0 Å². The summed E-state index contributed by atoms with van der Waals surface area (Å²) >= 11 is 0. The van der Waals surface area contributed by atoms with Gasteiger partial charge in [0.2, 0.25) is 0 Å². The normalized spacial score (nSPS) is 10.4. The lowest BCUT2D eigenvalue weighted by molar-refractivity contribution is 1.68. The predicted octanol–water partition coefficient (Wildman–Crippen LogP) is 3.94. The molecule has 0 saturated carbocycles. The predicted molar refractivity (Wildman–Crippen MR) is 89.4 cm³/mol. The van der Waals surface area contributed by atoms with Crippen LogP contribution in [0.15, 0.2) is 72.8 Å². The van der Waals surface area contributed by atoms with Crippen molar-refractivity contribution in [2.45, 2.75) is 0 Å². The smallest absolute Gasteiger partial charge is 0.00994 e. The van der Waals surface area contributed by atoms with E-state index in [4.69, 9.17) is 0 Å². The minimum absolute atomic E-state index is 1.02. The molecule has 3 aromatic carbocycles. The lowest BCUT2D eigenvalue weighted by atomic mass is 10.0. The third-order valence-electron chi connectivity index (χ3n) is 3.54. The van der Waals surface area contributed by atoms with Gasteiger partial charge in [0.25, 0.3) is 0 Å². The molecule has 0 N–H and O–H groups in total. The first-order valence-electron chi connectivity index (χ1n) is 6.69. The molecule has 0 aromatic heterocycles. The quantitative estimate of drug-likeness (QED) is 0.571. The lowest BCUT2D eigenvalue weighted by Gasteiger charge is -2.01. The van der Waals surface area contributed by atoms with E-state index in [2.05, 4.69) is 61.7 Å². The van der Waals surface area contributed by atoms with E-state index in [-0.39, 0.29) is 0 Å². The molecule has 0 aliphatic carbocycles. The van der Waals surface area contributed by atoms with Crippen molar-refractivity contribution in [2.75, 3.05) is 0 Å². The fourth-order valence-electron chi connectivity index (χ4n) is 2.52. The standard InChI is InChI=1S/C20H16/c1-15-9-3-4-10-16(2)18-12-6-8-14-20(18)19-13-7-5-11-17(15)19/h3-14H,1-2H2. The van der Waals surface area contributed by atoms with Crippen molar-refractivity contribution in [3.8, 4) is 0 Å². The fourth-order valence-corrected chi connectivity index (χ4v) is 2.52. The van der Waals surface area contributed by atoms with Crippen molar-refractivity contribution in [1.82, 2.24) is 0 Å². The molecule has 3 aromatic rings. The highest BCUT2D eigenvalue weighted by Gasteiger charge is 1.96. The summed E-state index contributed by atoms with van der Waals surface area (Å²) in [7, 11) is 0. The Kier molecular flexibility index (Phi) is 3.22. The van der Waals surface area contributed by atoms with E-state index in [0.717, 1.165) is 10.4 Å². The van der Waals surface area contributed by atoms with Crippen LogP contribution in [0.3, 0.4) is 0 Å². The van der Waals surface area contributed by atoms with Gasteiger partial charge in [-0.2, -0.15) is 0 Å². The molecule has 0 heteroatoms. The average Bonchev–Trinajstić information content (AvgIpc) is 2.50. The molecule has 0 bridgehead atoms. The lowest BCUT2D eigenvalue weighted by Crippen LogP contribution is -1.98. The molecular weight excluding hydrogens is 240 g/mol. The van der Waals surface area contributed by atoms with Crippen molar-refractivity contribution < 1.29 is 0 Å². The summed E-state index contributed by atoms with van der Waals surface area (Å²) in [4.78, 5) is 0. The molecule has 0 spiro atoms. The topological polar surface area (TPSA) is 0 Å². The van der Waals surface area contributed by atoms with Gasteiger partial charge >= 0.3 is 0 Å². The molecular formula is C20H16. The van der Waals surface area contributed by atoms with Crippen LogP contribution in [-0.4, -0.2) is 0 Å². The second-order valence-corrected chi connectivity index (χ2v) is 4.86. The van der Waals surface area contributed by atoms with E-state index in [0.29, 0.717) is 0 Å². The van der Waals surface area contributed by atoms with Gasteiger partial charge < -0.3 is 0 Å². The summed E-state index contributed by atoms with van der Waals surface area (Å²) in [5.74, 6) is 0. The van der Waals surface area contributed by atoms with E-state index >= 15 is 0 Å². The van der Waals surface area contributed by atoms with E-state index in [1.165, 1.54) is 21.5 Å². The zero-order valence-corrected chi connectivity index (χ0v) is 11.3. The third kappa shape index (κ3) is 2.17. The zero-order valence-electron chi connectivity index (χ0n) is 11.3. The molecule has 20 heavy (non-hydrogen) atoms. The second kappa shape index (κ2) is 5.18. The Morgan fingerprint density at radius 2 is 0.700 bits per heavy atom. The summed E-state index contributed by atoms with van der Waals surface area (Å²) in [6, 6.07) is 24.9. The summed E-state index contributed by atoms with van der Waals surface area (Å²) in [5, 5.41) is 6.78. The Hall–Kier alpha value is -2.60. The van der Waals surface area contributed by atoms with E-state index in [1.807, 2.05) is 24.3 Å². The van der Waals surface area contributed by atoms with Gasteiger partial charge in [0.05, 0.1) is 0 Å². The van der Waals surface area contributed by atoms with Crippen molar-refractivity contribution in [3.05, 3.63) is 83.2 Å². The molecule has 3 rings (SSSR count). The molecule has 0 atom stereocenters. The maximum absolute atomic E-state index is 4.18. The summed E-state index contributed by atoms with van der Waals surface area (Å²) in [6.07, 6.45) is 0. The minimum atomic E-state index is 1.02. The SMILES string of the molecule is C=c1ccccc(=C)c2ccccc2c2ccccc12. The first-order chi connectivity index (χ1) is 9.77. The first kappa shape index (κ1) is 12.4. The van der Waals surface area contributed by atoms with Gasteiger partial charge in [-0.3, -0.25) is 0 Å². The van der Waals surface area contributed by atoms with Crippen LogP contribution >= 0.6 is 0 Å². The van der Waals surface area contributed by atoms with Gasteiger partial charge in [-0.1, -0.05) is 86.0 Å². The van der Waals surface area contributed by atoms with E-state index in [1.54, 1.807) is 0 Å². The van der Waals surface area contributed by atoms with Crippen molar-refractivity contribution >= 4 is 34.7 Å². The molecule has 0 aliphatic heterocycles. The average molecular weight is 256 g/mol. The highest BCUT2D eigenvalue weighted by Crippen LogP contribution is 2.18. The van der Waals surface area contributed by atoms with Crippen molar-refractivity contribution in [2.24, 2.45) is 0 Å². The number of fused-ring (bicyclic) bond motifs is 3. The van der Waals surface area contributed by atoms with Gasteiger partial charge in [0.1, 0.15) is 0 Å². The molecule has 0 radical (unpaired) electrons. The van der Waals surface area contributed by atoms with E-state index < -0.39 is 0 Å².